The van der Waals surface area contributed by atoms with Gasteiger partial charge in [0.2, 0.25) is 17.7 Å². The zero-order valence-corrected chi connectivity index (χ0v) is 16.3. The van der Waals surface area contributed by atoms with Gasteiger partial charge in [0.15, 0.2) is 0 Å². The third kappa shape index (κ3) is 4.12. The lowest BCUT2D eigenvalue weighted by atomic mass is 9.85. The average molecular weight is 368 g/mol. The lowest BCUT2D eigenvalue weighted by Gasteiger charge is -2.27. The number of hydrogen-bond acceptors (Lipinski definition) is 3. The van der Waals surface area contributed by atoms with Crippen LogP contribution in [0, 0.1) is 24.7 Å². The van der Waals surface area contributed by atoms with E-state index < -0.39 is 6.04 Å². The molecule has 3 amide bonds. The van der Waals surface area contributed by atoms with Crippen LogP contribution in [0.3, 0.4) is 0 Å². The van der Waals surface area contributed by atoms with Crippen LogP contribution in [0.1, 0.15) is 44.2 Å². The minimum Gasteiger partial charge on any atom is -0.350 e. The van der Waals surface area contributed by atoms with E-state index in [1.165, 1.54) is 4.90 Å². The van der Waals surface area contributed by atoms with Crippen LogP contribution in [-0.2, 0) is 20.9 Å². The molecule has 0 saturated carbocycles. The highest BCUT2D eigenvalue weighted by Gasteiger charge is 2.51. The molecule has 0 radical (unpaired) electrons. The Kier molecular flexibility index (Phi) is 5.78. The van der Waals surface area contributed by atoms with Gasteiger partial charge >= 0.3 is 0 Å². The summed E-state index contributed by atoms with van der Waals surface area (Å²) in [5.41, 5.74) is 2.15. The lowest BCUT2D eigenvalue weighted by Crippen LogP contribution is -2.50. The zero-order chi connectivity index (χ0) is 19.6. The molecule has 5 heteroatoms. The Hall–Kier alpha value is -2.43. The molecule has 1 heterocycles. The van der Waals surface area contributed by atoms with Crippen LogP contribution < -0.4 is 5.32 Å². The van der Waals surface area contributed by atoms with Crippen LogP contribution in [0.5, 0.6) is 0 Å². The first-order chi connectivity index (χ1) is 12.9. The van der Waals surface area contributed by atoms with E-state index in [1.807, 2.05) is 57.2 Å². The Morgan fingerprint density at radius 2 is 1.63 bits per heavy atom. The van der Waals surface area contributed by atoms with Gasteiger partial charge in [-0.05, 0) is 37.7 Å². The van der Waals surface area contributed by atoms with Crippen LogP contribution in [0.15, 0.2) is 36.4 Å². The highest BCUT2D eigenvalue weighted by atomic mass is 16.2. The Labute approximate surface area is 160 Å². The summed E-state index contributed by atoms with van der Waals surface area (Å²) in [7, 11) is 0. The molecular formula is C22H28N2O3. The Morgan fingerprint density at radius 3 is 2.15 bits per heavy atom. The summed E-state index contributed by atoms with van der Waals surface area (Å²) < 4.78 is 0. The number of aryl methyl sites for hydroxylation is 1. The molecule has 1 aliphatic heterocycles. The largest absolute Gasteiger partial charge is 0.350 e. The molecule has 1 aliphatic carbocycles. The molecule has 1 aromatic carbocycles. The van der Waals surface area contributed by atoms with Gasteiger partial charge in [-0.15, -0.1) is 0 Å². The number of rotatable bonds is 6. The van der Waals surface area contributed by atoms with Crippen molar-refractivity contribution in [2.24, 2.45) is 17.8 Å². The predicted octanol–water partition coefficient (Wildman–Crippen LogP) is 2.98. The minimum absolute atomic E-state index is 0.189. The molecule has 0 spiro atoms. The van der Waals surface area contributed by atoms with E-state index in [0.717, 1.165) is 11.1 Å². The molecule has 2 aliphatic rings. The van der Waals surface area contributed by atoms with E-state index in [9.17, 15) is 14.4 Å². The molecule has 0 bridgehead atoms. The van der Waals surface area contributed by atoms with E-state index in [2.05, 4.69) is 5.32 Å². The molecule has 144 valence electrons. The molecule has 1 N–H and O–H groups in total. The van der Waals surface area contributed by atoms with Crippen LogP contribution in [0.25, 0.3) is 0 Å². The number of benzene rings is 1. The number of amides is 3. The van der Waals surface area contributed by atoms with Crippen LogP contribution in [0.4, 0.5) is 0 Å². The van der Waals surface area contributed by atoms with E-state index in [4.69, 9.17) is 0 Å². The van der Waals surface area contributed by atoms with Crippen molar-refractivity contribution in [3.05, 3.63) is 47.5 Å². The van der Waals surface area contributed by atoms with Gasteiger partial charge in [-0.3, -0.25) is 19.3 Å². The third-order valence-corrected chi connectivity index (χ3v) is 5.44. The summed E-state index contributed by atoms with van der Waals surface area (Å²) in [5.74, 6) is -1.04. The molecule has 27 heavy (non-hydrogen) atoms. The Bertz CT molecular complexity index is 725. The van der Waals surface area contributed by atoms with Crippen molar-refractivity contribution in [3.8, 4) is 0 Å². The van der Waals surface area contributed by atoms with Crippen LogP contribution in [-0.4, -0.2) is 28.7 Å². The number of carbonyl (C=O) groups excluding carboxylic acids is 3. The molecule has 3 unspecified atom stereocenters. The number of likely N-dealkylation sites (tertiary alicyclic amines) is 1. The molecule has 5 nitrogen and oxygen atoms in total. The second kappa shape index (κ2) is 8.07. The summed E-state index contributed by atoms with van der Waals surface area (Å²) in [6.45, 7) is 6.40. The molecule has 1 aromatic rings. The summed E-state index contributed by atoms with van der Waals surface area (Å²) in [6, 6.07) is 7.20. The van der Waals surface area contributed by atoms with Crippen molar-refractivity contribution >= 4 is 17.7 Å². The van der Waals surface area contributed by atoms with Crippen molar-refractivity contribution < 1.29 is 14.4 Å². The summed E-state index contributed by atoms with van der Waals surface area (Å²) in [4.78, 5) is 39.9. The van der Waals surface area contributed by atoms with Gasteiger partial charge in [-0.25, -0.2) is 0 Å². The fourth-order valence-electron chi connectivity index (χ4n) is 3.92. The van der Waals surface area contributed by atoms with E-state index in [1.54, 1.807) is 0 Å². The number of imide groups is 1. The van der Waals surface area contributed by atoms with Gasteiger partial charge in [0, 0.05) is 6.54 Å². The first kappa shape index (κ1) is 19.3. The predicted molar refractivity (Wildman–Crippen MR) is 103 cm³/mol. The molecule has 1 saturated heterocycles. The summed E-state index contributed by atoms with van der Waals surface area (Å²) >= 11 is 0. The molecular weight excluding hydrogens is 340 g/mol. The second-order valence-corrected chi connectivity index (χ2v) is 8.05. The first-order valence-corrected chi connectivity index (χ1v) is 9.73. The van der Waals surface area contributed by atoms with E-state index in [-0.39, 0.29) is 35.5 Å². The smallest absolute Gasteiger partial charge is 0.243 e. The van der Waals surface area contributed by atoms with Crippen molar-refractivity contribution in [2.45, 2.75) is 52.6 Å². The fourth-order valence-corrected chi connectivity index (χ4v) is 3.92. The Balaban J connectivity index is 1.75. The highest BCUT2D eigenvalue weighted by molar-refractivity contribution is 6.08. The second-order valence-electron chi connectivity index (χ2n) is 8.05. The molecule has 3 rings (SSSR count). The maximum atomic E-state index is 12.9. The number of allylic oxidation sites excluding steroid dienone is 2. The monoisotopic (exact) mass is 368 g/mol. The SMILES string of the molecule is Cc1ccc(CNC(=O)C(CC(C)C)N2C(=O)C3CC=CCC3C2=O)cc1. The Morgan fingerprint density at radius 1 is 1.07 bits per heavy atom. The first-order valence-electron chi connectivity index (χ1n) is 9.73. The van der Waals surface area contributed by atoms with E-state index in [0.29, 0.717) is 25.8 Å². The van der Waals surface area contributed by atoms with Gasteiger partial charge in [0.25, 0.3) is 0 Å². The summed E-state index contributed by atoms with van der Waals surface area (Å²) in [5, 5.41) is 2.92. The number of nitrogens with one attached hydrogen (secondary N) is 1. The highest BCUT2D eigenvalue weighted by Crippen LogP contribution is 2.37. The standard InChI is InChI=1S/C22H28N2O3/c1-14(2)12-19(20(25)23-13-16-10-8-15(3)9-11-16)24-21(26)17-6-4-5-7-18(17)22(24)27/h4-5,8-11,14,17-19H,6-7,12-13H2,1-3H3,(H,23,25). The molecule has 0 aromatic heterocycles. The number of hydrogen-bond donors (Lipinski definition) is 1. The quantitative estimate of drug-likeness (QED) is 0.620. The van der Waals surface area contributed by atoms with E-state index >= 15 is 0 Å². The normalized spacial score (nSPS) is 22.9. The van der Waals surface area contributed by atoms with Crippen molar-refractivity contribution in [1.29, 1.82) is 0 Å². The van der Waals surface area contributed by atoms with Crippen LogP contribution >= 0.6 is 0 Å². The molecule has 1 fully saturated rings. The van der Waals surface area contributed by atoms with Crippen LogP contribution in [0.2, 0.25) is 0 Å². The van der Waals surface area contributed by atoms with Gasteiger partial charge < -0.3 is 5.32 Å². The molecule has 3 atom stereocenters. The maximum Gasteiger partial charge on any atom is 0.243 e. The van der Waals surface area contributed by atoms with Gasteiger partial charge in [0.1, 0.15) is 6.04 Å². The van der Waals surface area contributed by atoms with Crippen molar-refractivity contribution in [2.75, 3.05) is 0 Å². The number of carbonyl (C=O) groups is 3. The third-order valence-electron chi connectivity index (χ3n) is 5.44. The maximum absolute atomic E-state index is 12.9. The average Bonchev–Trinajstić information content (AvgIpc) is 2.90. The minimum atomic E-state index is -0.735. The van der Waals surface area contributed by atoms with Gasteiger partial charge in [0.05, 0.1) is 11.8 Å². The topological polar surface area (TPSA) is 66.5 Å². The fraction of sp³-hybridized carbons (Fsp3) is 0.500. The van der Waals surface area contributed by atoms with Gasteiger partial charge in [-0.2, -0.15) is 0 Å². The zero-order valence-electron chi connectivity index (χ0n) is 16.3. The van der Waals surface area contributed by atoms with Gasteiger partial charge in [-0.1, -0.05) is 55.8 Å². The van der Waals surface area contributed by atoms with Crippen molar-refractivity contribution in [3.63, 3.8) is 0 Å². The summed E-state index contributed by atoms with van der Waals surface area (Å²) in [6.07, 6.45) is 5.58. The number of nitrogens with zero attached hydrogens (tertiary/aromatic N) is 1. The van der Waals surface area contributed by atoms with Crippen molar-refractivity contribution in [1.82, 2.24) is 10.2 Å². The number of fused-ring (bicyclic) bond motifs is 1. The lowest BCUT2D eigenvalue weighted by molar-refractivity contribution is -0.148.